The number of aliphatic hydroxyl groups is 1. The van der Waals surface area contributed by atoms with Gasteiger partial charge in [-0.2, -0.15) is 5.10 Å². The highest BCUT2D eigenvalue weighted by atomic mass is 32.1. The summed E-state index contributed by atoms with van der Waals surface area (Å²) in [6, 6.07) is 12.3. The number of hydrogen-bond acceptors (Lipinski definition) is 5. The monoisotopic (exact) mass is 529 g/mol. The van der Waals surface area contributed by atoms with Gasteiger partial charge in [-0.05, 0) is 67.5 Å². The van der Waals surface area contributed by atoms with Crippen molar-refractivity contribution in [3.8, 4) is 21.6 Å². The average molecular weight is 530 g/mol. The van der Waals surface area contributed by atoms with Crippen LogP contribution in [0.4, 0.5) is 10.1 Å². The topological polar surface area (TPSA) is 88.7 Å². The highest BCUT2D eigenvalue weighted by molar-refractivity contribution is 7.18. The highest BCUT2D eigenvalue weighted by Crippen LogP contribution is 2.42. The van der Waals surface area contributed by atoms with Crippen molar-refractivity contribution in [2.45, 2.75) is 50.3 Å². The van der Waals surface area contributed by atoms with Crippen molar-refractivity contribution in [2.75, 3.05) is 13.1 Å². The molecule has 0 radical (unpaired) electrons. The van der Waals surface area contributed by atoms with Gasteiger partial charge >= 0.3 is 0 Å². The van der Waals surface area contributed by atoms with Crippen LogP contribution in [0.2, 0.25) is 0 Å². The van der Waals surface area contributed by atoms with E-state index in [4.69, 9.17) is 12.3 Å². The van der Waals surface area contributed by atoms with Crippen LogP contribution in [0.3, 0.4) is 0 Å². The number of halogens is 1. The lowest BCUT2D eigenvalue weighted by molar-refractivity contribution is -0.0496. The third-order valence-corrected chi connectivity index (χ3v) is 8.79. The summed E-state index contributed by atoms with van der Waals surface area (Å²) in [7, 11) is 0. The molecule has 2 aliphatic rings. The number of carbonyl (C=O) groups is 1. The van der Waals surface area contributed by atoms with Crippen LogP contribution in [0.25, 0.3) is 37.3 Å². The van der Waals surface area contributed by atoms with E-state index in [0.29, 0.717) is 30.1 Å². The molecule has 2 aromatic carbocycles. The van der Waals surface area contributed by atoms with Gasteiger partial charge in [-0.25, -0.2) is 9.24 Å². The summed E-state index contributed by atoms with van der Waals surface area (Å²) in [5.41, 5.74) is 8.47. The number of rotatable bonds is 5. The van der Waals surface area contributed by atoms with Gasteiger partial charge in [0.05, 0.1) is 29.1 Å². The molecule has 0 bridgehead atoms. The summed E-state index contributed by atoms with van der Waals surface area (Å²) in [6.45, 7) is 8.83. The number of benzene rings is 2. The Kier molecular flexibility index (Phi) is 6.26. The molecule has 1 amide bonds. The minimum Gasteiger partial charge on any atom is -0.388 e. The zero-order chi connectivity index (χ0) is 26.4. The van der Waals surface area contributed by atoms with E-state index < -0.39 is 11.4 Å². The molecule has 0 spiro atoms. The Morgan fingerprint density at radius 2 is 2.03 bits per heavy atom. The van der Waals surface area contributed by atoms with Gasteiger partial charge in [0.15, 0.2) is 0 Å². The van der Waals surface area contributed by atoms with Crippen molar-refractivity contribution in [1.29, 1.82) is 0 Å². The molecule has 1 aliphatic carbocycles. The summed E-state index contributed by atoms with van der Waals surface area (Å²) in [6.07, 6.45) is 6.32. The number of aromatic nitrogens is 2. The molecule has 1 saturated carbocycles. The molecule has 1 atom stereocenters. The molecular formula is C29H28FN5O2S. The maximum atomic E-state index is 14.6. The third-order valence-electron chi connectivity index (χ3n) is 7.62. The molecule has 2 aromatic heterocycles. The zero-order valence-electron chi connectivity index (χ0n) is 20.9. The molecule has 3 heterocycles. The molecule has 7 nitrogen and oxygen atoms in total. The molecule has 4 aromatic rings. The molecule has 6 rings (SSSR count). The minimum absolute atomic E-state index is 0.0289. The number of thiophene rings is 1. The Morgan fingerprint density at radius 1 is 1.21 bits per heavy atom. The molecule has 0 unspecified atom stereocenters. The second-order valence-electron chi connectivity index (χ2n) is 10.5. The van der Waals surface area contributed by atoms with Crippen molar-refractivity contribution in [1.82, 2.24) is 14.7 Å². The minimum atomic E-state index is -0.681. The number of fused-ring (bicyclic) bond motifs is 1. The van der Waals surface area contributed by atoms with Crippen molar-refractivity contribution in [3.05, 3.63) is 70.8 Å². The van der Waals surface area contributed by atoms with Gasteiger partial charge in [0.25, 0.3) is 5.91 Å². The first-order valence-corrected chi connectivity index (χ1v) is 13.7. The van der Waals surface area contributed by atoms with Crippen LogP contribution in [0, 0.1) is 12.4 Å². The molecule has 1 aliphatic heterocycles. The van der Waals surface area contributed by atoms with E-state index in [1.54, 1.807) is 15.6 Å². The fourth-order valence-electron chi connectivity index (χ4n) is 5.38. The fourth-order valence-corrected chi connectivity index (χ4v) is 6.53. The number of piperidine rings is 1. The fraction of sp³-hybridized carbons (Fsp3) is 0.345. The summed E-state index contributed by atoms with van der Waals surface area (Å²) in [4.78, 5) is 19.9. The second kappa shape index (κ2) is 9.62. The smallest absolute Gasteiger partial charge is 0.264 e. The van der Waals surface area contributed by atoms with Crippen LogP contribution in [0.15, 0.2) is 48.7 Å². The lowest BCUT2D eigenvalue weighted by atomic mass is 9.80. The van der Waals surface area contributed by atoms with Crippen molar-refractivity contribution in [2.24, 2.45) is 5.73 Å². The van der Waals surface area contributed by atoms with Crippen molar-refractivity contribution < 1.29 is 14.3 Å². The van der Waals surface area contributed by atoms with E-state index in [1.165, 1.54) is 23.5 Å². The van der Waals surface area contributed by atoms with Crippen LogP contribution in [0.1, 0.15) is 41.8 Å². The van der Waals surface area contributed by atoms with E-state index in [0.717, 1.165) is 59.0 Å². The third kappa shape index (κ3) is 4.60. The number of nitrogens with two attached hydrogens (primary N) is 1. The number of nitrogens with zero attached hydrogens (tertiary/aromatic N) is 4. The summed E-state index contributed by atoms with van der Waals surface area (Å²) in [5, 5.41) is 16.1. The van der Waals surface area contributed by atoms with E-state index in [9.17, 15) is 14.3 Å². The van der Waals surface area contributed by atoms with Gasteiger partial charge in [-0.3, -0.25) is 9.48 Å². The average Bonchev–Trinajstić information content (AvgIpc) is 3.51. The Labute approximate surface area is 224 Å². The quantitative estimate of drug-likeness (QED) is 0.330. The molecule has 38 heavy (non-hydrogen) atoms. The Balaban J connectivity index is 1.41. The first-order chi connectivity index (χ1) is 18.3. The van der Waals surface area contributed by atoms with Gasteiger partial charge in [-0.1, -0.05) is 18.2 Å². The number of carbonyl (C=O) groups excluding carboxylic acids is 1. The molecule has 3 N–H and O–H groups in total. The maximum absolute atomic E-state index is 14.6. The van der Waals surface area contributed by atoms with Crippen molar-refractivity contribution >= 4 is 33.8 Å². The zero-order valence-corrected chi connectivity index (χ0v) is 21.7. The van der Waals surface area contributed by atoms with Crippen LogP contribution < -0.4 is 5.73 Å². The molecular weight excluding hydrogens is 501 g/mol. The van der Waals surface area contributed by atoms with Crippen LogP contribution in [-0.2, 0) is 6.54 Å². The van der Waals surface area contributed by atoms with Crippen LogP contribution in [-0.4, -0.2) is 50.4 Å². The number of amides is 1. The Hall–Kier alpha value is -3.58. The van der Waals surface area contributed by atoms with Gasteiger partial charge < -0.3 is 15.7 Å². The first-order valence-electron chi connectivity index (χ1n) is 12.9. The number of hydrogen-bond donors (Lipinski definition) is 2. The lowest BCUT2D eigenvalue weighted by Crippen LogP contribution is -2.45. The van der Waals surface area contributed by atoms with Gasteiger partial charge in [0.2, 0.25) is 5.69 Å². The standard InChI is InChI=1S/C29H28FN5O2S/c1-32-25-8-5-18(13-23(25)30)22-14-26(28(36)34-11-2-4-21(31)16-34)38-27(22)19-6-7-24-20(12-19)15-35(33-24)17-29(37)9-3-10-29/h5-8,12-15,21,37H,2-4,9-11,16-17,31H2/t21-/m1/s1. The Morgan fingerprint density at radius 3 is 2.74 bits per heavy atom. The SMILES string of the molecule is [C-]#[N+]c1ccc(-c2cc(C(=O)N3CCC[C@@H](N)C3)sc2-c2ccc3nn(CC4(O)CCC4)cc3c2)cc1F. The molecule has 1 saturated heterocycles. The van der Waals surface area contributed by atoms with E-state index in [2.05, 4.69) is 9.94 Å². The molecule has 9 heteroatoms. The van der Waals surface area contributed by atoms with E-state index in [1.807, 2.05) is 30.5 Å². The van der Waals surface area contributed by atoms with E-state index >= 15 is 0 Å². The maximum Gasteiger partial charge on any atom is 0.264 e. The lowest BCUT2D eigenvalue weighted by Gasteiger charge is -2.36. The van der Waals surface area contributed by atoms with E-state index in [-0.39, 0.29) is 17.6 Å². The second-order valence-corrected chi connectivity index (χ2v) is 11.5. The molecule has 194 valence electrons. The highest BCUT2D eigenvalue weighted by Gasteiger charge is 2.35. The molecule has 2 fully saturated rings. The largest absolute Gasteiger partial charge is 0.388 e. The van der Waals surface area contributed by atoms with Gasteiger partial charge in [0, 0.05) is 41.2 Å². The Bertz CT molecular complexity index is 1580. The predicted molar refractivity (Wildman–Crippen MR) is 147 cm³/mol. The van der Waals surface area contributed by atoms with Crippen LogP contribution >= 0.6 is 11.3 Å². The summed E-state index contributed by atoms with van der Waals surface area (Å²) in [5.74, 6) is -0.659. The summed E-state index contributed by atoms with van der Waals surface area (Å²) < 4.78 is 16.4. The first kappa shape index (κ1) is 24.7. The van der Waals surface area contributed by atoms with Gasteiger partial charge in [0.1, 0.15) is 5.82 Å². The predicted octanol–water partition coefficient (Wildman–Crippen LogP) is 5.60. The summed E-state index contributed by atoms with van der Waals surface area (Å²) >= 11 is 1.38. The normalized spacial score (nSPS) is 18.8. The van der Waals surface area contributed by atoms with Crippen LogP contribution in [0.5, 0.6) is 0 Å². The van der Waals surface area contributed by atoms with Gasteiger partial charge in [-0.15, -0.1) is 11.3 Å². The van der Waals surface area contributed by atoms with Crippen molar-refractivity contribution in [3.63, 3.8) is 0 Å². The number of likely N-dealkylation sites (tertiary alicyclic amines) is 1.